The number of aromatic amines is 1. The lowest BCUT2D eigenvalue weighted by Crippen LogP contribution is -1.93. The summed E-state index contributed by atoms with van der Waals surface area (Å²) < 4.78 is 0. The topological polar surface area (TPSA) is 80.5 Å². The van der Waals surface area contributed by atoms with E-state index in [-0.39, 0.29) is 5.95 Å². The molecule has 0 saturated heterocycles. The zero-order valence-corrected chi connectivity index (χ0v) is 10.5. The number of hydrogen-bond acceptors (Lipinski definition) is 4. The first kappa shape index (κ1) is 10.9. The predicted octanol–water partition coefficient (Wildman–Crippen LogP) is 2.76. The minimum Gasteiger partial charge on any atom is -0.368 e. The van der Waals surface area contributed by atoms with E-state index in [0.29, 0.717) is 5.65 Å². The standard InChI is InChI=1S/C15H11N5/c16-15-17-8-12-14(20-15)19-13(18-12)11-7-3-5-9-4-1-2-6-10(9)11/h1-8H,(H3,16,17,18,19,20). The highest BCUT2D eigenvalue weighted by atomic mass is 15.1. The van der Waals surface area contributed by atoms with E-state index in [1.807, 2.05) is 24.3 Å². The maximum Gasteiger partial charge on any atom is 0.222 e. The fourth-order valence-electron chi connectivity index (χ4n) is 2.38. The molecule has 5 nitrogen and oxygen atoms in total. The Morgan fingerprint density at radius 1 is 0.950 bits per heavy atom. The van der Waals surface area contributed by atoms with Gasteiger partial charge in [-0.3, -0.25) is 0 Å². The molecule has 2 heterocycles. The zero-order valence-electron chi connectivity index (χ0n) is 10.5. The molecule has 4 aromatic rings. The Labute approximate surface area is 114 Å². The highest BCUT2D eigenvalue weighted by Gasteiger charge is 2.09. The third-order valence-corrected chi connectivity index (χ3v) is 3.30. The van der Waals surface area contributed by atoms with Crippen LogP contribution in [0, 0.1) is 0 Å². The molecule has 0 atom stereocenters. The lowest BCUT2D eigenvalue weighted by molar-refractivity contribution is 1.22. The fraction of sp³-hybridized carbons (Fsp3) is 0. The Bertz CT molecular complexity index is 921. The van der Waals surface area contributed by atoms with E-state index in [9.17, 15) is 0 Å². The normalized spacial score (nSPS) is 11.2. The van der Waals surface area contributed by atoms with Crippen LogP contribution in [0.4, 0.5) is 5.95 Å². The van der Waals surface area contributed by atoms with Gasteiger partial charge < -0.3 is 10.7 Å². The Balaban J connectivity index is 2.01. The largest absolute Gasteiger partial charge is 0.368 e. The molecular formula is C15H11N5. The number of imidazole rings is 1. The molecule has 0 unspecified atom stereocenters. The molecule has 2 aromatic carbocycles. The Morgan fingerprint density at radius 2 is 1.80 bits per heavy atom. The molecule has 4 rings (SSSR count). The molecule has 0 bridgehead atoms. The van der Waals surface area contributed by atoms with Crippen molar-refractivity contribution in [3.05, 3.63) is 48.7 Å². The van der Waals surface area contributed by atoms with Crippen molar-refractivity contribution in [1.29, 1.82) is 0 Å². The van der Waals surface area contributed by atoms with E-state index >= 15 is 0 Å². The summed E-state index contributed by atoms with van der Waals surface area (Å²) in [6.45, 7) is 0. The zero-order chi connectivity index (χ0) is 13.5. The monoisotopic (exact) mass is 261 g/mol. The van der Waals surface area contributed by atoms with Crippen molar-refractivity contribution in [2.75, 3.05) is 5.73 Å². The van der Waals surface area contributed by atoms with E-state index in [2.05, 4.69) is 38.1 Å². The molecule has 0 radical (unpaired) electrons. The first-order chi connectivity index (χ1) is 9.81. The van der Waals surface area contributed by atoms with Crippen LogP contribution in [-0.2, 0) is 0 Å². The van der Waals surface area contributed by atoms with Gasteiger partial charge in [-0.05, 0) is 10.8 Å². The van der Waals surface area contributed by atoms with Crippen molar-refractivity contribution in [2.45, 2.75) is 0 Å². The molecule has 0 aliphatic rings. The third kappa shape index (κ3) is 1.60. The molecule has 0 saturated carbocycles. The number of fused-ring (bicyclic) bond motifs is 2. The molecule has 3 N–H and O–H groups in total. The minimum absolute atomic E-state index is 0.230. The summed E-state index contributed by atoms with van der Waals surface area (Å²) >= 11 is 0. The van der Waals surface area contributed by atoms with Gasteiger partial charge in [-0.2, -0.15) is 4.98 Å². The summed E-state index contributed by atoms with van der Waals surface area (Å²) in [4.78, 5) is 15.8. The average molecular weight is 261 g/mol. The molecule has 20 heavy (non-hydrogen) atoms. The van der Waals surface area contributed by atoms with Crippen LogP contribution in [0.25, 0.3) is 33.3 Å². The third-order valence-electron chi connectivity index (χ3n) is 3.30. The second kappa shape index (κ2) is 4.03. The number of anilines is 1. The van der Waals surface area contributed by atoms with Crippen LogP contribution >= 0.6 is 0 Å². The van der Waals surface area contributed by atoms with Gasteiger partial charge in [-0.25, -0.2) is 9.97 Å². The molecule has 96 valence electrons. The van der Waals surface area contributed by atoms with Crippen LogP contribution in [0.1, 0.15) is 0 Å². The maximum absolute atomic E-state index is 5.59. The summed E-state index contributed by atoms with van der Waals surface area (Å²) in [6.07, 6.45) is 1.65. The van der Waals surface area contributed by atoms with Gasteiger partial charge in [-0.15, -0.1) is 0 Å². The summed E-state index contributed by atoms with van der Waals surface area (Å²) in [5, 5.41) is 2.33. The van der Waals surface area contributed by atoms with E-state index in [0.717, 1.165) is 22.3 Å². The van der Waals surface area contributed by atoms with Crippen molar-refractivity contribution in [1.82, 2.24) is 19.9 Å². The highest BCUT2D eigenvalue weighted by molar-refractivity contribution is 5.96. The van der Waals surface area contributed by atoms with Crippen LogP contribution in [0.2, 0.25) is 0 Å². The molecule has 0 amide bonds. The van der Waals surface area contributed by atoms with Gasteiger partial charge in [0.1, 0.15) is 11.3 Å². The first-order valence-electron chi connectivity index (χ1n) is 6.27. The summed E-state index contributed by atoms with van der Waals surface area (Å²) in [7, 11) is 0. The van der Waals surface area contributed by atoms with E-state index < -0.39 is 0 Å². The molecular weight excluding hydrogens is 250 g/mol. The van der Waals surface area contributed by atoms with Gasteiger partial charge in [0, 0.05) is 5.56 Å². The minimum atomic E-state index is 0.230. The molecule has 0 fully saturated rings. The second-order valence-electron chi connectivity index (χ2n) is 4.58. The van der Waals surface area contributed by atoms with E-state index in [1.54, 1.807) is 6.20 Å². The van der Waals surface area contributed by atoms with Crippen molar-refractivity contribution in [3.63, 3.8) is 0 Å². The first-order valence-corrected chi connectivity index (χ1v) is 6.27. The van der Waals surface area contributed by atoms with Crippen LogP contribution in [-0.4, -0.2) is 19.9 Å². The number of rotatable bonds is 1. The van der Waals surface area contributed by atoms with Gasteiger partial charge in [0.2, 0.25) is 5.95 Å². The van der Waals surface area contributed by atoms with Crippen LogP contribution < -0.4 is 5.73 Å². The Kier molecular flexibility index (Phi) is 2.20. The summed E-state index contributed by atoms with van der Waals surface area (Å²) in [5.74, 6) is 1.00. The van der Waals surface area contributed by atoms with Gasteiger partial charge >= 0.3 is 0 Å². The van der Waals surface area contributed by atoms with Gasteiger partial charge in [-0.1, -0.05) is 42.5 Å². The van der Waals surface area contributed by atoms with E-state index in [1.165, 1.54) is 5.39 Å². The fourth-order valence-corrected chi connectivity index (χ4v) is 2.38. The highest BCUT2D eigenvalue weighted by Crippen LogP contribution is 2.27. The number of H-pyrrole nitrogens is 1. The quantitative estimate of drug-likeness (QED) is 0.552. The number of benzene rings is 2. The Morgan fingerprint density at radius 3 is 2.75 bits per heavy atom. The number of nitrogen functional groups attached to an aromatic ring is 1. The molecule has 2 aromatic heterocycles. The maximum atomic E-state index is 5.59. The number of hydrogen-bond donors (Lipinski definition) is 2. The smallest absolute Gasteiger partial charge is 0.222 e. The van der Waals surface area contributed by atoms with Crippen molar-refractivity contribution in [2.24, 2.45) is 0 Å². The lowest BCUT2D eigenvalue weighted by Gasteiger charge is -2.02. The van der Waals surface area contributed by atoms with E-state index in [4.69, 9.17) is 5.73 Å². The average Bonchev–Trinajstić information content (AvgIpc) is 2.89. The molecule has 0 spiro atoms. The summed E-state index contributed by atoms with van der Waals surface area (Å²) in [6, 6.07) is 14.3. The Hall–Kier alpha value is -2.95. The van der Waals surface area contributed by atoms with Crippen molar-refractivity contribution >= 4 is 27.9 Å². The summed E-state index contributed by atoms with van der Waals surface area (Å²) in [5.41, 5.74) is 7.99. The van der Waals surface area contributed by atoms with Gasteiger partial charge in [0.25, 0.3) is 0 Å². The lowest BCUT2D eigenvalue weighted by atomic mass is 10.0. The SMILES string of the molecule is Nc1ncc2[nH]c(-c3cccc4ccccc34)nc2n1. The van der Waals surface area contributed by atoms with Crippen LogP contribution in [0.5, 0.6) is 0 Å². The van der Waals surface area contributed by atoms with Crippen molar-refractivity contribution in [3.8, 4) is 11.4 Å². The second-order valence-corrected chi connectivity index (χ2v) is 4.58. The number of nitrogens with one attached hydrogen (secondary N) is 1. The predicted molar refractivity (Wildman–Crippen MR) is 79.0 cm³/mol. The number of aromatic nitrogens is 4. The molecule has 0 aliphatic heterocycles. The molecule has 0 aliphatic carbocycles. The molecule has 5 heteroatoms. The number of nitrogens with zero attached hydrogens (tertiary/aromatic N) is 3. The van der Waals surface area contributed by atoms with Crippen LogP contribution in [0.3, 0.4) is 0 Å². The number of nitrogens with two attached hydrogens (primary N) is 1. The van der Waals surface area contributed by atoms with Crippen molar-refractivity contribution < 1.29 is 0 Å². The van der Waals surface area contributed by atoms with Crippen LogP contribution in [0.15, 0.2) is 48.7 Å². The van der Waals surface area contributed by atoms with Gasteiger partial charge in [0.05, 0.1) is 6.20 Å². The van der Waals surface area contributed by atoms with Gasteiger partial charge in [0.15, 0.2) is 5.65 Å².